The molecule has 0 radical (unpaired) electrons. The summed E-state index contributed by atoms with van der Waals surface area (Å²) in [7, 11) is 1.63. The van der Waals surface area contributed by atoms with Crippen molar-refractivity contribution in [2.24, 2.45) is 0 Å². The number of hydrogen-bond donors (Lipinski definition) is 0. The summed E-state index contributed by atoms with van der Waals surface area (Å²) in [6.45, 7) is 0. The number of ketones is 1. The third kappa shape index (κ3) is 2.29. The molecule has 1 heterocycles. The molecule has 0 atom stereocenters. The maximum absolute atomic E-state index is 12.4. The van der Waals surface area contributed by atoms with E-state index in [9.17, 15) is 4.79 Å². The third-order valence-corrected chi connectivity index (χ3v) is 3.73. The zero-order valence-corrected chi connectivity index (χ0v) is 11.2. The minimum Gasteiger partial charge on any atom is -0.497 e. The van der Waals surface area contributed by atoms with Crippen molar-refractivity contribution < 1.29 is 9.53 Å². The summed E-state index contributed by atoms with van der Waals surface area (Å²) in [5, 5.41) is 5.79. The Labute approximate surface area is 114 Å². The second-order valence-electron chi connectivity index (χ2n) is 4.35. The van der Waals surface area contributed by atoms with Gasteiger partial charge in [-0.25, -0.2) is 0 Å². The molecule has 0 saturated heterocycles. The van der Waals surface area contributed by atoms with Gasteiger partial charge >= 0.3 is 0 Å². The molecular weight excluding hydrogens is 260 g/mol. The van der Waals surface area contributed by atoms with Gasteiger partial charge in [0, 0.05) is 16.5 Å². The van der Waals surface area contributed by atoms with Crippen molar-refractivity contribution in [2.45, 2.75) is 12.8 Å². The van der Waals surface area contributed by atoms with E-state index in [1.165, 1.54) is 11.5 Å². The minimum absolute atomic E-state index is 0.0805. The van der Waals surface area contributed by atoms with Crippen molar-refractivity contribution in [3.63, 3.8) is 0 Å². The predicted octanol–water partition coefficient (Wildman–Crippen LogP) is 2.76. The average Bonchev–Trinajstić information content (AvgIpc) is 2.94. The molecule has 0 spiro atoms. The lowest BCUT2D eigenvalue weighted by molar-refractivity contribution is 0.102. The third-order valence-electron chi connectivity index (χ3n) is 3.21. The van der Waals surface area contributed by atoms with E-state index >= 15 is 0 Å². The number of hydrogen-bond acceptors (Lipinski definition) is 5. The van der Waals surface area contributed by atoms with Crippen LogP contribution in [0.15, 0.2) is 29.2 Å². The molecule has 19 heavy (non-hydrogen) atoms. The van der Waals surface area contributed by atoms with Crippen LogP contribution in [0.2, 0.25) is 0 Å². The maximum atomic E-state index is 12.4. The number of allylic oxidation sites excluding steroid dienone is 1. The Balaban J connectivity index is 1.96. The molecule has 0 fully saturated rings. The second kappa shape index (κ2) is 4.93. The van der Waals surface area contributed by atoms with E-state index in [1.807, 2.05) is 29.7 Å². The number of Topliss-reactive ketones (excluding diaryl/α,β-unsaturated/α-hetero) is 1. The van der Waals surface area contributed by atoms with E-state index < -0.39 is 0 Å². The fourth-order valence-corrected chi connectivity index (χ4v) is 2.64. The Morgan fingerprint density at radius 3 is 3.00 bits per heavy atom. The number of nitrogens with zero attached hydrogens (tertiary/aromatic N) is 2. The minimum atomic E-state index is 0.0805. The number of rotatable bonds is 2. The molecule has 1 aliphatic rings. The van der Waals surface area contributed by atoms with Crippen LogP contribution in [0.1, 0.15) is 28.0 Å². The first kappa shape index (κ1) is 12.0. The summed E-state index contributed by atoms with van der Waals surface area (Å²) < 4.78 is 8.98. The maximum Gasteiger partial charge on any atom is 0.189 e. The van der Waals surface area contributed by atoms with Crippen molar-refractivity contribution in [3.05, 3.63) is 46.0 Å². The molecule has 1 aromatic carbocycles. The van der Waals surface area contributed by atoms with Crippen molar-refractivity contribution in [1.29, 1.82) is 0 Å². The Morgan fingerprint density at radius 1 is 1.37 bits per heavy atom. The van der Waals surface area contributed by atoms with Crippen LogP contribution in [0, 0.1) is 0 Å². The van der Waals surface area contributed by atoms with Crippen LogP contribution in [0.5, 0.6) is 5.75 Å². The summed E-state index contributed by atoms with van der Waals surface area (Å²) in [6.07, 6.45) is 3.41. The molecule has 5 heteroatoms. The number of carbonyl (C=O) groups is 1. The van der Waals surface area contributed by atoms with Crippen LogP contribution < -0.4 is 4.74 Å². The van der Waals surface area contributed by atoms with Crippen LogP contribution >= 0.6 is 11.5 Å². The van der Waals surface area contributed by atoms with E-state index in [0.29, 0.717) is 0 Å². The van der Waals surface area contributed by atoms with Crippen LogP contribution in [-0.4, -0.2) is 22.5 Å². The van der Waals surface area contributed by atoms with Crippen molar-refractivity contribution >= 4 is 23.4 Å². The molecule has 1 aromatic heterocycles. The Morgan fingerprint density at radius 2 is 2.26 bits per heavy atom. The van der Waals surface area contributed by atoms with Gasteiger partial charge in [-0.2, -0.15) is 0 Å². The second-order valence-corrected chi connectivity index (χ2v) is 4.96. The fourth-order valence-electron chi connectivity index (χ4n) is 2.23. The molecule has 3 rings (SSSR count). The predicted molar refractivity (Wildman–Crippen MR) is 73.5 cm³/mol. The first-order valence-electron chi connectivity index (χ1n) is 5.97. The van der Waals surface area contributed by atoms with Crippen LogP contribution in [0.3, 0.4) is 0 Å². The highest BCUT2D eigenvalue weighted by Gasteiger charge is 2.22. The topological polar surface area (TPSA) is 52.1 Å². The van der Waals surface area contributed by atoms with Crippen molar-refractivity contribution in [1.82, 2.24) is 9.59 Å². The lowest BCUT2D eigenvalue weighted by Crippen LogP contribution is -2.14. The zero-order valence-electron chi connectivity index (χ0n) is 10.4. The fraction of sp³-hybridized carbons (Fsp3) is 0.214. The molecule has 96 valence electrons. The van der Waals surface area contributed by atoms with Gasteiger partial charge in [-0.05, 0) is 54.2 Å². The first-order chi connectivity index (χ1) is 9.28. The monoisotopic (exact) mass is 272 g/mol. The number of benzene rings is 1. The number of methoxy groups -OCH3 is 1. The molecule has 1 aliphatic carbocycles. The molecule has 0 aliphatic heterocycles. The SMILES string of the molecule is COc1ccc2c(c1)CCC(=Cc1csnn1)C2=O. The molecule has 0 saturated carbocycles. The van der Waals surface area contributed by atoms with Gasteiger partial charge in [0.05, 0.1) is 12.8 Å². The summed E-state index contributed by atoms with van der Waals surface area (Å²) in [5.41, 5.74) is 3.37. The number of aromatic nitrogens is 2. The van der Waals surface area contributed by atoms with Gasteiger partial charge in [0.2, 0.25) is 0 Å². The standard InChI is InChI=1S/C14H12N2O2S/c1-18-12-4-5-13-9(7-12)2-3-10(14(13)17)6-11-8-19-16-15-11/h4-8H,2-3H2,1H3. The van der Waals surface area contributed by atoms with Crippen LogP contribution in [0.4, 0.5) is 0 Å². The molecule has 2 aromatic rings. The van der Waals surface area contributed by atoms with E-state index in [4.69, 9.17) is 4.74 Å². The normalized spacial score (nSPS) is 16.5. The quantitative estimate of drug-likeness (QED) is 0.789. The number of ether oxygens (including phenoxy) is 1. The van der Waals surface area contributed by atoms with Crippen molar-refractivity contribution in [2.75, 3.05) is 7.11 Å². The van der Waals surface area contributed by atoms with Crippen LogP contribution in [-0.2, 0) is 6.42 Å². The van der Waals surface area contributed by atoms with E-state index in [-0.39, 0.29) is 5.78 Å². The lowest BCUT2D eigenvalue weighted by atomic mass is 9.86. The smallest absolute Gasteiger partial charge is 0.189 e. The van der Waals surface area contributed by atoms with Gasteiger partial charge in [0.25, 0.3) is 0 Å². The van der Waals surface area contributed by atoms with E-state index in [1.54, 1.807) is 7.11 Å². The Bertz CT molecular complexity index is 647. The zero-order chi connectivity index (χ0) is 13.2. The molecular formula is C14H12N2O2S. The van der Waals surface area contributed by atoms with Gasteiger partial charge in [0.15, 0.2) is 5.78 Å². The number of aryl methyl sites for hydroxylation is 1. The Hall–Kier alpha value is -2.01. The van der Waals surface area contributed by atoms with Gasteiger partial charge in [0.1, 0.15) is 5.75 Å². The summed E-state index contributed by atoms with van der Waals surface area (Å²) in [4.78, 5) is 12.4. The molecule has 0 N–H and O–H groups in total. The molecule has 0 bridgehead atoms. The molecule has 4 nitrogen and oxygen atoms in total. The van der Waals surface area contributed by atoms with E-state index in [2.05, 4.69) is 9.59 Å². The lowest BCUT2D eigenvalue weighted by Gasteiger charge is -2.17. The summed E-state index contributed by atoms with van der Waals surface area (Å²) >= 11 is 1.29. The van der Waals surface area contributed by atoms with Crippen LogP contribution in [0.25, 0.3) is 6.08 Å². The highest BCUT2D eigenvalue weighted by atomic mass is 32.1. The largest absolute Gasteiger partial charge is 0.497 e. The summed E-state index contributed by atoms with van der Waals surface area (Å²) in [6, 6.07) is 5.60. The average molecular weight is 272 g/mol. The molecule has 0 unspecified atom stereocenters. The van der Waals surface area contributed by atoms with Gasteiger partial charge in [-0.3, -0.25) is 4.79 Å². The van der Waals surface area contributed by atoms with Gasteiger partial charge < -0.3 is 4.74 Å². The van der Waals surface area contributed by atoms with Gasteiger partial charge in [-0.1, -0.05) is 4.49 Å². The first-order valence-corrected chi connectivity index (χ1v) is 6.81. The highest BCUT2D eigenvalue weighted by molar-refractivity contribution is 7.03. The number of fused-ring (bicyclic) bond motifs is 1. The number of carbonyl (C=O) groups excluding carboxylic acids is 1. The van der Waals surface area contributed by atoms with E-state index in [0.717, 1.165) is 41.0 Å². The summed E-state index contributed by atoms with van der Waals surface area (Å²) in [5.74, 6) is 0.875. The van der Waals surface area contributed by atoms with Crippen molar-refractivity contribution in [3.8, 4) is 5.75 Å². The highest BCUT2D eigenvalue weighted by Crippen LogP contribution is 2.29. The molecule has 0 amide bonds. The Kier molecular flexibility index (Phi) is 3.13. The van der Waals surface area contributed by atoms with Gasteiger partial charge in [-0.15, -0.1) is 5.10 Å².